The Hall–Kier alpha value is -3.93. The summed E-state index contributed by atoms with van der Waals surface area (Å²) in [6, 6.07) is 21.1. The third kappa shape index (κ3) is 4.70. The number of rotatable bonds is 8. The number of nitrogens with zero attached hydrogens (tertiary/aromatic N) is 3. The van der Waals surface area contributed by atoms with Gasteiger partial charge in [-0.2, -0.15) is 0 Å². The second-order valence-electron chi connectivity index (χ2n) is 7.32. The standard InChI is InChI=1S/C26H26N4O2/c1-3-30(4-2)24-15-14-19(16-27-24)17-28-25(31)21-12-8-9-13-22(21)26-29-18-23(32-26)20-10-6-5-7-11-20/h5-16,18H,3-4,17H2,1-2H3,(H,28,31). The van der Waals surface area contributed by atoms with Gasteiger partial charge >= 0.3 is 0 Å². The fourth-order valence-corrected chi connectivity index (χ4v) is 3.54. The minimum atomic E-state index is -0.187. The van der Waals surface area contributed by atoms with Crippen LogP contribution in [0, 0.1) is 0 Å². The summed E-state index contributed by atoms with van der Waals surface area (Å²) in [6.45, 7) is 6.41. The van der Waals surface area contributed by atoms with E-state index in [9.17, 15) is 4.79 Å². The van der Waals surface area contributed by atoms with Crippen LogP contribution >= 0.6 is 0 Å². The van der Waals surface area contributed by atoms with Crippen molar-refractivity contribution in [1.82, 2.24) is 15.3 Å². The lowest BCUT2D eigenvalue weighted by Gasteiger charge is -2.19. The van der Waals surface area contributed by atoms with Crippen molar-refractivity contribution in [2.45, 2.75) is 20.4 Å². The highest BCUT2D eigenvalue weighted by molar-refractivity contribution is 6.00. The molecule has 0 atom stereocenters. The van der Waals surface area contributed by atoms with Gasteiger partial charge in [0, 0.05) is 37.0 Å². The van der Waals surface area contributed by atoms with Crippen LogP contribution in [0.1, 0.15) is 29.8 Å². The Kier molecular flexibility index (Phi) is 6.60. The van der Waals surface area contributed by atoms with Crippen LogP contribution < -0.4 is 10.2 Å². The summed E-state index contributed by atoms with van der Waals surface area (Å²) in [7, 11) is 0. The molecule has 4 aromatic rings. The molecule has 0 saturated heterocycles. The molecule has 2 aromatic heterocycles. The second kappa shape index (κ2) is 9.92. The summed E-state index contributed by atoms with van der Waals surface area (Å²) in [5.74, 6) is 1.83. The summed E-state index contributed by atoms with van der Waals surface area (Å²) in [5.41, 5.74) is 3.05. The van der Waals surface area contributed by atoms with Crippen molar-refractivity contribution in [3.63, 3.8) is 0 Å². The molecular formula is C26H26N4O2. The van der Waals surface area contributed by atoms with Crippen molar-refractivity contribution in [3.05, 3.63) is 90.3 Å². The number of benzene rings is 2. The Morgan fingerprint density at radius 1 is 0.906 bits per heavy atom. The first-order valence-corrected chi connectivity index (χ1v) is 10.8. The van der Waals surface area contributed by atoms with Gasteiger partial charge in [0.1, 0.15) is 5.82 Å². The SMILES string of the molecule is CCN(CC)c1ccc(CNC(=O)c2ccccc2-c2ncc(-c3ccccc3)o2)cn1. The summed E-state index contributed by atoms with van der Waals surface area (Å²) < 4.78 is 5.96. The summed E-state index contributed by atoms with van der Waals surface area (Å²) >= 11 is 0. The van der Waals surface area contributed by atoms with Crippen LogP contribution in [0.3, 0.4) is 0 Å². The molecule has 1 N–H and O–H groups in total. The molecule has 0 bridgehead atoms. The number of nitrogens with one attached hydrogen (secondary N) is 1. The minimum Gasteiger partial charge on any atom is -0.436 e. The van der Waals surface area contributed by atoms with E-state index in [4.69, 9.17) is 4.42 Å². The van der Waals surface area contributed by atoms with E-state index in [1.165, 1.54) is 0 Å². The number of oxazole rings is 1. The zero-order valence-corrected chi connectivity index (χ0v) is 18.3. The van der Waals surface area contributed by atoms with Crippen molar-refractivity contribution < 1.29 is 9.21 Å². The second-order valence-corrected chi connectivity index (χ2v) is 7.32. The first-order valence-electron chi connectivity index (χ1n) is 10.8. The van der Waals surface area contributed by atoms with E-state index in [-0.39, 0.29) is 5.91 Å². The van der Waals surface area contributed by atoms with E-state index in [2.05, 4.69) is 34.0 Å². The lowest BCUT2D eigenvalue weighted by molar-refractivity contribution is 0.0951. The number of anilines is 1. The maximum absolute atomic E-state index is 12.9. The van der Waals surface area contributed by atoms with Crippen LogP contribution in [0.4, 0.5) is 5.82 Å². The van der Waals surface area contributed by atoms with Gasteiger partial charge in [0.25, 0.3) is 5.91 Å². The highest BCUT2D eigenvalue weighted by atomic mass is 16.4. The summed E-state index contributed by atoms with van der Waals surface area (Å²) in [4.78, 5) is 24.0. The van der Waals surface area contributed by atoms with Gasteiger partial charge in [0.05, 0.1) is 11.8 Å². The predicted molar refractivity (Wildman–Crippen MR) is 126 cm³/mol. The van der Waals surface area contributed by atoms with Crippen molar-refractivity contribution in [1.29, 1.82) is 0 Å². The topological polar surface area (TPSA) is 71.3 Å². The molecule has 162 valence electrons. The lowest BCUT2D eigenvalue weighted by atomic mass is 10.1. The first kappa shape index (κ1) is 21.3. The molecule has 6 nitrogen and oxygen atoms in total. The molecular weight excluding hydrogens is 400 g/mol. The largest absolute Gasteiger partial charge is 0.436 e. The van der Waals surface area contributed by atoms with Crippen molar-refractivity contribution >= 4 is 11.7 Å². The van der Waals surface area contributed by atoms with E-state index >= 15 is 0 Å². The van der Waals surface area contributed by atoms with Crippen LogP contribution in [0.25, 0.3) is 22.8 Å². The molecule has 32 heavy (non-hydrogen) atoms. The van der Waals surface area contributed by atoms with Crippen LogP contribution in [-0.4, -0.2) is 29.0 Å². The van der Waals surface area contributed by atoms with Gasteiger partial charge in [0.2, 0.25) is 5.89 Å². The van der Waals surface area contributed by atoms with E-state index in [0.29, 0.717) is 29.3 Å². The zero-order chi connectivity index (χ0) is 22.3. The average Bonchev–Trinajstić information content (AvgIpc) is 3.35. The third-order valence-electron chi connectivity index (χ3n) is 5.32. The number of carbonyl (C=O) groups is 1. The number of pyridine rings is 1. The van der Waals surface area contributed by atoms with Gasteiger partial charge in [-0.15, -0.1) is 0 Å². The molecule has 2 aromatic carbocycles. The van der Waals surface area contributed by atoms with Gasteiger partial charge in [-0.3, -0.25) is 4.79 Å². The Labute approximate surface area is 187 Å². The Bertz CT molecular complexity index is 1170. The minimum absolute atomic E-state index is 0.187. The zero-order valence-electron chi connectivity index (χ0n) is 18.3. The predicted octanol–water partition coefficient (Wildman–Crippen LogP) is 5.18. The van der Waals surface area contributed by atoms with Crippen molar-refractivity contribution in [2.24, 2.45) is 0 Å². The Morgan fingerprint density at radius 3 is 2.38 bits per heavy atom. The highest BCUT2D eigenvalue weighted by Crippen LogP contribution is 2.28. The third-order valence-corrected chi connectivity index (χ3v) is 5.32. The van der Waals surface area contributed by atoms with Crippen LogP contribution in [0.15, 0.2) is 83.5 Å². The molecule has 0 spiro atoms. The van der Waals surface area contributed by atoms with E-state index < -0.39 is 0 Å². The molecule has 6 heteroatoms. The maximum atomic E-state index is 12.9. The van der Waals surface area contributed by atoms with E-state index in [0.717, 1.165) is 30.0 Å². The fourth-order valence-electron chi connectivity index (χ4n) is 3.54. The average molecular weight is 427 g/mol. The number of aromatic nitrogens is 2. The monoisotopic (exact) mass is 426 g/mol. The molecule has 0 aliphatic rings. The highest BCUT2D eigenvalue weighted by Gasteiger charge is 2.17. The van der Waals surface area contributed by atoms with Crippen LogP contribution in [0.2, 0.25) is 0 Å². The molecule has 2 heterocycles. The lowest BCUT2D eigenvalue weighted by Crippen LogP contribution is -2.24. The number of carbonyl (C=O) groups excluding carboxylic acids is 1. The van der Waals surface area contributed by atoms with Crippen molar-refractivity contribution in [3.8, 4) is 22.8 Å². The molecule has 1 amide bonds. The molecule has 0 unspecified atom stereocenters. The van der Waals surface area contributed by atoms with Gasteiger partial charge in [0.15, 0.2) is 5.76 Å². The molecule has 0 fully saturated rings. The Morgan fingerprint density at radius 2 is 1.66 bits per heavy atom. The van der Waals surface area contributed by atoms with Gasteiger partial charge in [-0.1, -0.05) is 48.5 Å². The normalized spacial score (nSPS) is 10.7. The fraction of sp³-hybridized carbons (Fsp3) is 0.192. The Balaban J connectivity index is 1.48. The van der Waals surface area contributed by atoms with E-state index in [1.807, 2.05) is 60.7 Å². The smallest absolute Gasteiger partial charge is 0.252 e. The maximum Gasteiger partial charge on any atom is 0.252 e. The van der Waals surface area contributed by atoms with Gasteiger partial charge < -0.3 is 14.6 Å². The van der Waals surface area contributed by atoms with Gasteiger partial charge in [-0.05, 0) is 37.6 Å². The van der Waals surface area contributed by atoms with Crippen LogP contribution in [-0.2, 0) is 6.54 Å². The number of amides is 1. The van der Waals surface area contributed by atoms with E-state index in [1.54, 1.807) is 18.5 Å². The first-order chi connectivity index (χ1) is 15.7. The summed E-state index contributed by atoms with van der Waals surface area (Å²) in [6.07, 6.45) is 3.49. The van der Waals surface area contributed by atoms with Crippen LogP contribution in [0.5, 0.6) is 0 Å². The van der Waals surface area contributed by atoms with Gasteiger partial charge in [-0.25, -0.2) is 9.97 Å². The molecule has 0 radical (unpaired) electrons. The molecule has 0 aliphatic carbocycles. The molecule has 0 aliphatic heterocycles. The van der Waals surface area contributed by atoms with Crippen molar-refractivity contribution in [2.75, 3.05) is 18.0 Å². The quantitative estimate of drug-likeness (QED) is 0.420. The number of hydrogen-bond acceptors (Lipinski definition) is 5. The molecule has 4 rings (SSSR count). The molecule has 0 saturated carbocycles. The number of hydrogen-bond donors (Lipinski definition) is 1. The summed E-state index contributed by atoms with van der Waals surface area (Å²) in [5, 5.41) is 2.98.